The van der Waals surface area contributed by atoms with E-state index in [4.69, 9.17) is 9.73 Å². The van der Waals surface area contributed by atoms with Crippen LogP contribution in [-0.2, 0) is 11.3 Å². The number of guanidine groups is 1. The Balaban J connectivity index is 0.00000480. The molecule has 0 radical (unpaired) electrons. The number of nitrogens with zero attached hydrogens (tertiary/aromatic N) is 3. The Bertz CT molecular complexity index is 684. The summed E-state index contributed by atoms with van der Waals surface area (Å²) in [6.45, 7) is 15.5. The number of nitrogens with one attached hydrogen (secondary N) is 3. The highest BCUT2D eigenvalue weighted by atomic mass is 127. The SMILES string of the molecule is CCNC(=NCC1CCN(Cc2csc(C)n2)CC1)NCCNC(=O)OC(C)(C)C.I. The van der Waals surface area contributed by atoms with Gasteiger partial charge in [0.2, 0.25) is 0 Å². The first kappa shape index (κ1) is 27.9. The molecule has 0 bridgehead atoms. The highest BCUT2D eigenvalue weighted by molar-refractivity contribution is 14.0. The lowest BCUT2D eigenvalue weighted by Gasteiger charge is -2.30. The molecule has 0 atom stereocenters. The molecule has 2 heterocycles. The quantitative estimate of drug-likeness (QED) is 0.194. The molecule has 1 aromatic heterocycles. The minimum absolute atomic E-state index is 0. The van der Waals surface area contributed by atoms with E-state index in [1.807, 2.05) is 20.8 Å². The standard InChI is InChI=1S/C21H38N6O2S.HI/c1-6-22-19(23-9-10-24-20(28)29-21(3,4)5)25-13-17-7-11-27(12-8-17)14-18-15-30-16(2)26-18;/h15,17H,6-14H2,1-5H3,(H,24,28)(H2,22,23,25);1H. The largest absolute Gasteiger partial charge is 0.444 e. The van der Waals surface area contributed by atoms with Crippen molar-refractivity contribution in [1.29, 1.82) is 0 Å². The number of aromatic nitrogens is 1. The molecule has 2 rings (SSSR count). The molecule has 31 heavy (non-hydrogen) atoms. The number of halogens is 1. The second kappa shape index (κ2) is 14.1. The number of carbonyl (C=O) groups is 1. The Morgan fingerprint density at radius 2 is 1.94 bits per heavy atom. The van der Waals surface area contributed by atoms with E-state index >= 15 is 0 Å². The van der Waals surface area contributed by atoms with E-state index in [2.05, 4.69) is 45.1 Å². The van der Waals surface area contributed by atoms with E-state index in [1.165, 1.54) is 5.69 Å². The van der Waals surface area contributed by atoms with E-state index in [1.54, 1.807) is 11.3 Å². The van der Waals surface area contributed by atoms with Gasteiger partial charge in [-0.25, -0.2) is 9.78 Å². The van der Waals surface area contributed by atoms with Gasteiger partial charge in [0.25, 0.3) is 0 Å². The fourth-order valence-electron chi connectivity index (χ4n) is 3.26. The van der Waals surface area contributed by atoms with Gasteiger partial charge >= 0.3 is 6.09 Å². The predicted octanol–water partition coefficient (Wildman–Crippen LogP) is 3.36. The molecule has 0 aliphatic carbocycles. The third kappa shape index (κ3) is 11.9. The lowest BCUT2D eigenvalue weighted by Crippen LogP contribution is -2.43. The topological polar surface area (TPSA) is 90.9 Å². The van der Waals surface area contributed by atoms with Crippen molar-refractivity contribution in [2.75, 3.05) is 39.3 Å². The van der Waals surface area contributed by atoms with Crippen LogP contribution in [0.3, 0.4) is 0 Å². The number of piperidine rings is 1. The molecule has 0 saturated carbocycles. The number of aliphatic imine (C=N–C) groups is 1. The summed E-state index contributed by atoms with van der Waals surface area (Å²) in [4.78, 5) is 23.5. The Morgan fingerprint density at radius 1 is 1.26 bits per heavy atom. The monoisotopic (exact) mass is 566 g/mol. The molecule has 0 spiro atoms. The van der Waals surface area contributed by atoms with Crippen molar-refractivity contribution in [3.05, 3.63) is 16.1 Å². The fraction of sp³-hybridized carbons (Fsp3) is 0.762. The van der Waals surface area contributed by atoms with Gasteiger partial charge in [0, 0.05) is 38.1 Å². The Kier molecular flexibility index (Phi) is 12.7. The average molecular weight is 567 g/mol. The zero-order valence-electron chi connectivity index (χ0n) is 19.5. The van der Waals surface area contributed by atoms with Gasteiger partial charge in [-0.2, -0.15) is 0 Å². The summed E-state index contributed by atoms with van der Waals surface area (Å²) in [7, 11) is 0. The first-order valence-electron chi connectivity index (χ1n) is 10.9. The zero-order valence-corrected chi connectivity index (χ0v) is 22.6. The molecular weight excluding hydrogens is 527 g/mol. The number of aryl methyl sites for hydroxylation is 1. The summed E-state index contributed by atoms with van der Waals surface area (Å²) in [5.74, 6) is 1.40. The molecule has 1 fully saturated rings. The molecule has 178 valence electrons. The summed E-state index contributed by atoms with van der Waals surface area (Å²) < 4.78 is 5.24. The molecule has 1 aliphatic rings. The number of thiazole rings is 1. The number of hydrogen-bond acceptors (Lipinski definition) is 6. The number of rotatable bonds is 8. The van der Waals surface area contributed by atoms with Crippen molar-refractivity contribution in [2.24, 2.45) is 10.9 Å². The molecular formula is C21H39IN6O2S. The van der Waals surface area contributed by atoms with Gasteiger partial charge in [0.1, 0.15) is 5.60 Å². The van der Waals surface area contributed by atoms with Crippen molar-refractivity contribution in [3.8, 4) is 0 Å². The minimum atomic E-state index is -0.483. The molecule has 1 saturated heterocycles. The number of likely N-dealkylation sites (tertiary alicyclic amines) is 1. The van der Waals surface area contributed by atoms with Crippen LogP contribution in [0.15, 0.2) is 10.4 Å². The van der Waals surface area contributed by atoms with Crippen molar-refractivity contribution in [3.63, 3.8) is 0 Å². The normalized spacial score (nSPS) is 15.8. The maximum atomic E-state index is 11.7. The maximum Gasteiger partial charge on any atom is 0.407 e. The molecule has 0 unspecified atom stereocenters. The molecule has 0 aromatic carbocycles. The van der Waals surface area contributed by atoms with Crippen LogP contribution in [0.5, 0.6) is 0 Å². The zero-order chi connectivity index (χ0) is 22.0. The molecule has 1 aliphatic heterocycles. The molecule has 1 aromatic rings. The number of alkyl carbamates (subject to hydrolysis) is 1. The van der Waals surface area contributed by atoms with E-state index in [-0.39, 0.29) is 24.0 Å². The predicted molar refractivity (Wildman–Crippen MR) is 138 cm³/mol. The molecule has 10 heteroatoms. The summed E-state index contributed by atoms with van der Waals surface area (Å²) in [6.07, 6.45) is 1.92. The van der Waals surface area contributed by atoms with Gasteiger partial charge in [-0.05, 0) is 66.5 Å². The second-order valence-corrected chi connectivity index (χ2v) is 9.71. The summed E-state index contributed by atoms with van der Waals surface area (Å²) in [5.41, 5.74) is 0.704. The Hall–Kier alpha value is -1.14. The van der Waals surface area contributed by atoms with Gasteiger partial charge in [0.15, 0.2) is 5.96 Å². The van der Waals surface area contributed by atoms with Crippen LogP contribution in [0.2, 0.25) is 0 Å². The summed E-state index contributed by atoms with van der Waals surface area (Å²) in [5, 5.41) is 12.6. The first-order valence-corrected chi connectivity index (χ1v) is 11.8. The number of carbonyl (C=O) groups excluding carboxylic acids is 1. The van der Waals surface area contributed by atoms with Gasteiger partial charge < -0.3 is 20.7 Å². The van der Waals surface area contributed by atoms with Crippen LogP contribution in [0, 0.1) is 12.8 Å². The van der Waals surface area contributed by atoms with Gasteiger partial charge in [-0.1, -0.05) is 0 Å². The fourth-order valence-corrected chi connectivity index (χ4v) is 3.86. The maximum absolute atomic E-state index is 11.7. The third-order valence-corrected chi connectivity index (χ3v) is 5.52. The number of ether oxygens (including phenoxy) is 1. The third-order valence-electron chi connectivity index (χ3n) is 4.70. The van der Waals surface area contributed by atoms with Crippen molar-refractivity contribution in [1.82, 2.24) is 25.8 Å². The van der Waals surface area contributed by atoms with Crippen LogP contribution in [-0.4, -0.2) is 66.8 Å². The first-order chi connectivity index (χ1) is 14.2. The Labute approximate surface area is 208 Å². The van der Waals surface area contributed by atoms with Gasteiger partial charge in [-0.15, -0.1) is 35.3 Å². The van der Waals surface area contributed by atoms with Crippen molar-refractivity contribution >= 4 is 47.4 Å². The number of amides is 1. The lowest BCUT2D eigenvalue weighted by atomic mass is 9.97. The van der Waals surface area contributed by atoms with Crippen LogP contribution in [0.1, 0.15) is 51.2 Å². The molecule has 1 amide bonds. The lowest BCUT2D eigenvalue weighted by molar-refractivity contribution is 0.0529. The van der Waals surface area contributed by atoms with E-state index in [0.717, 1.165) is 56.5 Å². The molecule has 3 N–H and O–H groups in total. The van der Waals surface area contributed by atoms with E-state index in [0.29, 0.717) is 19.0 Å². The van der Waals surface area contributed by atoms with Crippen LogP contribution >= 0.6 is 35.3 Å². The second-order valence-electron chi connectivity index (χ2n) is 8.65. The van der Waals surface area contributed by atoms with Crippen LogP contribution < -0.4 is 16.0 Å². The summed E-state index contributed by atoms with van der Waals surface area (Å²) in [6, 6.07) is 0. The summed E-state index contributed by atoms with van der Waals surface area (Å²) >= 11 is 1.72. The van der Waals surface area contributed by atoms with Crippen molar-refractivity contribution in [2.45, 2.75) is 59.6 Å². The van der Waals surface area contributed by atoms with Crippen LogP contribution in [0.25, 0.3) is 0 Å². The smallest absolute Gasteiger partial charge is 0.407 e. The highest BCUT2D eigenvalue weighted by Crippen LogP contribution is 2.20. The highest BCUT2D eigenvalue weighted by Gasteiger charge is 2.20. The van der Waals surface area contributed by atoms with Crippen LogP contribution in [0.4, 0.5) is 4.79 Å². The number of hydrogen-bond donors (Lipinski definition) is 3. The Morgan fingerprint density at radius 3 is 2.52 bits per heavy atom. The van der Waals surface area contributed by atoms with E-state index in [9.17, 15) is 4.79 Å². The minimum Gasteiger partial charge on any atom is -0.444 e. The van der Waals surface area contributed by atoms with E-state index < -0.39 is 11.7 Å². The molecule has 8 nitrogen and oxygen atoms in total. The van der Waals surface area contributed by atoms with Gasteiger partial charge in [-0.3, -0.25) is 9.89 Å². The van der Waals surface area contributed by atoms with Gasteiger partial charge in [0.05, 0.1) is 10.7 Å². The average Bonchev–Trinajstić information content (AvgIpc) is 3.07. The van der Waals surface area contributed by atoms with Crippen molar-refractivity contribution < 1.29 is 9.53 Å².